The normalized spacial score (nSPS) is 20.3. The molecule has 0 bridgehead atoms. The maximum absolute atomic E-state index is 13.3. The number of oxime groups is 1. The molecule has 1 saturated heterocycles. The number of hydrogen-bond acceptors (Lipinski definition) is 5. The highest BCUT2D eigenvalue weighted by atomic mass is 16.6. The molecule has 6 heteroatoms. The monoisotopic (exact) mass is 420 g/mol. The Hall–Kier alpha value is -3.15. The van der Waals surface area contributed by atoms with Crippen LogP contribution < -0.4 is 0 Å². The molecule has 1 atom stereocenters. The number of carbonyl (C=O) groups excluding carboxylic acids is 2. The standard InChI is InChI=1S/C25H28N2O4/c1-17-7-3-6-10-22(17)18-11-13-19(14-12-18)24(28)27-16-20(26-30-2)15-23(27)25(29)31-21-8-4-5-9-21/h3,6-7,10-14,21,23H,4-5,8-9,15-16H2,1-2H3/b26-20+/t23-/m0/s1. The van der Waals surface area contributed by atoms with Crippen molar-refractivity contribution < 1.29 is 19.2 Å². The molecule has 2 aliphatic rings. The molecule has 162 valence electrons. The van der Waals surface area contributed by atoms with Gasteiger partial charge in [0.05, 0.1) is 12.3 Å². The van der Waals surface area contributed by atoms with Crippen LogP contribution in [0.5, 0.6) is 0 Å². The fourth-order valence-electron chi connectivity index (χ4n) is 4.43. The number of rotatable bonds is 5. The summed E-state index contributed by atoms with van der Waals surface area (Å²) in [5.41, 5.74) is 4.57. The average molecular weight is 421 g/mol. The maximum Gasteiger partial charge on any atom is 0.329 e. The number of amides is 1. The number of likely N-dealkylation sites (tertiary alicyclic amines) is 1. The van der Waals surface area contributed by atoms with Crippen molar-refractivity contribution in [2.45, 2.75) is 51.2 Å². The lowest BCUT2D eigenvalue weighted by Crippen LogP contribution is -2.42. The fourth-order valence-corrected chi connectivity index (χ4v) is 4.43. The SMILES string of the molecule is CO/N=C1\C[C@@H](C(=O)OC2CCCC2)N(C(=O)c2ccc(-c3ccccc3C)cc2)C1. The minimum absolute atomic E-state index is 0.0405. The minimum Gasteiger partial charge on any atom is -0.461 e. The first-order valence-electron chi connectivity index (χ1n) is 10.8. The van der Waals surface area contributed by atoms with Crippen molar-refractivity contribution in [3.8, 4) is 11.1 Å². The number of ether oxygens (including phenoxy) is 1. The summed E-state index contributed by atoms with van der Waals surface area (Å²) >= 11 is 0. The first-order chi connectivity index (χ1) is 15.1. The van der Waals surface area contributed by atoms with Crippen LogP contribution in [0.15, 0.2) is 53.7 Å². The highest BCUT2D eigenvalue weighted by Gasteiger charge is 2.40. The Balaban J connectivity index is 1.53. The van der Waals surface area contributed by atoms with E-state index < -0.39 is 6.04 Å². The Morgan fingerprint density at radius 3 is 2.42 bits per heavy atom. The molecule has 1 aliphatic carbocycles. The van der Waals surface area contributed by atoms with E-state index in [9.17, 15) is 9.59 Å². The molecule has 0 radical (unpaired) electrons. The van der Waals surface area contributed by atoms with Gasteiger partial charge in [-0.3, -0.25) is 4.79 Å². The second-order valence-corrected chi connectivity index (χ2v) is 8.23. The molecule has 2 fully saturated rings. The largest absolute Gasteiger partial charge is 0.461 e. The summed E-state index contributed by atoms with van der Waals surface area (Å²) < 4.78 is 5.70. The predicted molar refractivity (Wildman–Crippen MR) is 119 cm³/mol. The van der Waals surface area contributed by atoms with E-state index >= 15 is 0 Å². The van der Waals surface area contributed by atoms with Crippen molar-refractivity contribution in [3.05, 3.63) is 59.7 Å². The number of nitrogens with zero attached hydrogens (tertiary/aromatic N) is 2. The topological polar surface area (TPSA) is 68.2 Å². The lowest BCUT2D eigenvalue weighted by atomic mass is 9.99. The molecule has 0 N–H and O–H groups in total. The Morgan fingerprint density at radius 1 is 1.03 bits per heavy atom. The Labute approximate surface area is 182 Å². The van der Waals surface area contributed by atoms with Crippen LogP contribution in [0.1, 0.15) is 48.0 Å². The summed E-state index contributed by atoms with van der Waals surface area (Å²) in [5, 5.41) is 3.99. The van der Waals surface area contributed by atoms with Gasteiger partial charge in [-0.1, -0.05) is 41.6 Å². The first-order valence-corrected chi connectivity index (χ1v) is 10.8. The van der Waals surface area contributed by atoms with Crippen molar-refractivity contribution in [1.29, 1.82) is 0 Å². The van der Waals surface area contributed by atoms with E-state index in [1.165, 1.54) is 12.7 Å². The average Bonchev–Trinajstić information content (AvgIpc) is 3.44. The molecule has 0 spiro atoms. The summed E-state index contributed by atoms with van der Waals surface area (Å²) in [6.07, 6.45) is 4.24. The van der Waals surface area contributed by atoms with E-state index in [2.05, 4.69) is 24.2 Å². The molecule has 6 nitrogen and oxygen atoms in total. The van der Waals surface area contributed by atoms with E-state index in [0.29, 0.717) is 17.7 Å². The highest BCUT2D eigenvalue weighted by Crippen LogP contribution is 2.27. The fraction of sp³-hybridized carbons (Fsp3) is 0.400. The zero-order valence-electron chi connectivity index (χ0n) is 18.0. The van der Waals surface area contributed by atoms with Gasteiger partial charge >= 0.3 is 5.97 Å². The van der Waals surface area contributed by atoms with Gasteiger partial charge in [0.1, 0.15) is 19.3 Å². The van der Waals surface area contributed by atoms with Crippen LogP contribution in [0.25, 0.3) is 11.1 Å². The Kier molecular flexibility index (Phi) is 6.35. The zero-order valence-corrected chi connectivity index (χ0v) is 18.0. The quantitative estimate of drug-likeness (QED) is 0.532. The minimum atomic E-state index is -0.668. The molecule has 2 aromatic carbocycles. The van der Waals surface area contributed by atoms with Crippen molar-refractivity contribution in [1.82, 2.24) is 4.90 Å². The van der Waals surface area contributed by atoms with Crippen LogP contribution >= 0.6 is 0 Å². The van der Waals surface area contributed by atoms with E-state index in [1.54, 1.807) is 4.90 Å². The van der Waals surface area contributed by atoms with E-state index in [4.69, 9.17) is 9.57 Å². The lowest BCUT2D eigenvalue weighted by molar-refractivity contribution is -0.153. The molecule has 1 saturated carbocycles. The number of hydrogen-bond donors (Lipinski definition) is 0. The van der Waals surface area contributed by atoms with Crippen molar-refractivity contribution in [2.24, 2.45) is 5.16 Å². The lowest BCUT2D eigenvalue weighted by Gasteiger charge is -2.24. The molecule has 1 amide bonds. The van der Waals surface area contributed by atoms with Crippen LogP contribution in [0, 0.1) is 6.92 Å². The zero-order chi connectivity index (χ0) is 21.8. The molecular weight excluding hydrogens is 392 g/mol. The Bertz CT molecular complexity index is 977. The third-order valence-electron chi connectivity index (χ3n) is 6.08. The predicted octanol–water partition coefficient (Wildman–Crippen LogP) is 4.36. The van der Waals surface area contributed by atoms with Crippen LogP contribution in [-0.2, 0) is 14.4 Å². The van der Waals surface area contributed by atoms with Gasteiger partial charge < -0.3 is 14.5 Å². The van der Waals surface area contributed by atoms with Gasteiger partial charge in [0.15, 0.2) is 0 Å². The number of aryl methyl sites for hydroxylation is 1. The van der Waals surface area contributed by atoms with Crippen LogP contribution in [0.4, 0.5) is 0 Å². The second-order valence-electron chi connectivity index (χ2n) is 8.23. The number of benzene rings is 2. The van der Waals surface area contributed by atoms with Gasteiger partial charge in [-0.2, -0.15) is 0 Å². The van der Waals surface area contributed by atoms with Gasteiger partial charge in [-0.25, -0.2) is 4.79 Å². The molecule has 1 aliphatic heterocycles. The molecule has 2 aromatic rings. The maximum atomic E-state index is 13.3. The summed E-state index contributed by atoms with van der Waals surface area (Å²) in [6.45, 7) is 2.33. The van der Waals surface area contributed by atoms with Gasteiger partial charge in [0.2, 0.25) is 0 Å². The summed E-state index contributed by atoms with van der Waals surface area (Å²) in [6, 6.07) is 15.0. The van der Waals surface area contributed by atoms with Gasteiger partial charge in [0, 0.05) is 12.0 Å². The molecule has 31 heavy (non-hydrogen) atoms. The molecule has 0 aromatic heterocycles. The van der Waals surface area contributed by atoms with Crippen LogP contribution in [-0.4, -0.2) is 48.3 Å². The molecular formula is C25H28N2O4. The van der Waals surface area contributed by atoms with E-state index in [0.717, 1.165) is 36.8 Å². The summed E-state index contributed by atoms with van der Waals surface area (Å²) in [4.78, 5) is 32.6. The molecule has 1 heterocycles. The first kappa shape index (κ1) is 21.1. The summed E-state index contributed by atoms with van der Waals surface area (Å²) in [5.74, 6) is -0.552. The smallest absolute Gasteiger partial charge is 0.329 e. The number of esters is 1. The van der Waals surface area contributed by atoms with Crippen LogP contribution in [0.3, 0.4) is 0 Å². The third-order valence-corrected chi connectivity index (χ3v) is 6.08. The van der Waals surface area contributed by atoms with Gasteiger partial charge in [0.25, 0.3) is 5.91 Å². The van der Waals surface area contributed by atoms with Crippen LogP contribution in [0.2, 0.25) is 0 Å². The second kappa shape index (κ2) is 9.33. The Morgan fingerprint density at radius 2 is 1.74 bits per heavy atom. The van der Waals surface area contributed by atoms with E-state index in [1.807, 2.05) is 36.4 Å². The third kappa shape index (κ3) is 4.63. The highest BCUT2D eigenvalue weighted by molar-refractivity contribution is 6.04. The molecule has 4 rings (SSSR count). The molecule has 0 unspecified atom stereocenters. The van der Waals surface area contributed by atoms with Crippen molar-refractivity contribution in [3.63, 3.8) is 0 Å². The number of carbonyl (C=O) groups is 2. The van der Waals surface area contributed by atoms with Crippen molar-refractivity contribution >= 4 is 17.6 Å². The summed E-state index contributed by atoms with van der Waals surface area (Å²) in [7, 11) is 1.47. The van der Waals surface area contributed by atoms with E-state index in [-0.39, 0.29) is 24.5 Å². The van der Waals surface area contributed by atoms with Gasteiger partial charge in [-0.15, -0.1) is 0 Å². The van der Waals surface area contributed by atoms with Crippen molar-refractivity contribution in [2.75, 3.05) is 13.7 Å². The van der Waals surface area contributed by atoms with Gasteiger partial charge in [-0.05, 0) is 61.4 Å².